The highest BCUT2D eigenvalue weighted by molar-refractivity contribution is 7.99. The van der Waals surface area contributed by atoms with Gasteiger partial charge in [-0.15, -0.1) is 0 Å². The molecule has 9 nitrogen and oxygen atoms in total. The van der Waals surface area contributed by atoms with E-state index in [1.807, 2.05) is 31.2 Å². The van der Waals surface area contributed by atoms with Crippen molar-refractivity contribution < 1.29 is 19.0 Å². The molecule has 0 aliphatic heterocycles. The SMILES string of the molecule is CCCc1c(C)nc2ncnn2c1Sc1ccc(NC(=O)c2cc(OC)c(OC)c(OC)c2)cc1. The average Bonchev–Trinajstić information content (AvgIpc) is 3.34. The van der Waals surface area contributed by atoms with Crippen molar-refractivity contribution in [2.24, 2.45) is 0 Å². The summed E-state index contributed by atoms with van der Waals surface area (Å²) in [6.45, 7) is 4.15. The molecule has 182 valence electrons. The second-order valence-electron chi connectivity index (χ2n) is 7.70. The molecule has 0 bridgehead atoms. The fourth-order valence-electron chi connectivity index (χ4n) is 3.73. The fourth-order valence-corrected chi connectivity index (χ4v) is 4.81. The summed E-state index contributed by atoms with van der Waals surface area (Å²) in [5.74, 6) is 1.56. The number of rotatable bonds is 9. The molecule has 0 aliphatic carbocycles. The Bertz CT molecular complexity index is 1330. The van der Waals surface area contributed by atoms with Crippen LogP contribution >= 0.6 is 11.8 Å². The Hall–Kier alpha value is -3.79. The van der Waals surface area contributed by atoms with Crippen LogP contribution in [0.15, 0.2) is 52.6 Å². The van der Waals surface area contributed by atoms with Crippen molar-refractivity contribution in [1.82, 2.24) is 19.6 Å². The maximum Gasteiger partial charge on any atom is 0.255 e. The van der Waals surface area contributed by atoms with E-state index in [1.54, 1.807) is 28.4 Å². The van der Waals surface area contributed by atoms with E-state index in [9.17, 15) is 4.79 Å². The zero-order valence-corrected chi connectivity index (χ0v) is 21.1. The van der Waals surface area contributed by atoms with Gasteiger partial charge in [-0.25, -0.2) is 4.98 Å². The van der Waals surface area contributed by atoms with E-state index in [0.29, 0.717) is 34.3 Å². The summed E-state index contributed by atoms with van der Waals surface area (Å²) in [6.07, 6.45) is 3.42. The Balaban J connectivity index is 1.56. The van der Waals surface area contributed by atoms with Crippen molar-refractivity contribution in [2.75, 3.05) is 26.6 Å². The van der Waals surface area contributed by atoms with E-state index >= 15 is 0 Å². The third kappa shape index (κ3) is 5.02. The summed E-state index contributed by atoms with van der Waals surface area (Å²) in [7, 11) is 4.55. The highest BCUT2D eigenvalue weighted by Gasteiger charge is 2.18. The number of carbonyl (C=O) groups is 1. The minimum Gasteiger partial charge on any atom is -0.493 e. The molecule has 0 atom stereocenters. The number of anilines is 1. The Morgan fingerprint density at radius 2 is 1.74 bits per heavy atom. The van der Waals surface area contributed by atoms with Crippen molar-refractivity contribution >= 4 is 29.1 Å². The van der Waals surface area contributed by atoms with E-state index in [4.69, 9.17) is 14.2 Å². The molecule has 1 amide bonds. The van der Waals surface area contributed by atoms with Gasteiger partial charge in [0.1, 0.15) is 11.4 Å². The van der Waals surface area contributed by atoms with Crippen molar-refractivity contribution in [3.8, 4) is 17.2 Å². The van der Waals surface area contributed by atoms with Crippen LogP contribution < -0.4 is 19.5 Å². The number of aryl methyl sites for hydroxylation is 1. The lowest BCUT2D eigenvalue weighted by atomic mass is 10.1. The first-order valence-corrected chi connectivity index (χ1v) is 11.9. The predicted molar refractivity (Wildman–Crippen MR) is 134 cm³/mol. The first kappa shape index (κ1) is 24.3. The maximum atomic E-state index is 12.9. The molecule has 0 aliphatic rings. The zero-order chi connectivity index (χ0) is 24.9. The van der Waals surface area contributed by atoms with Gasteiger partial charge >= 0.3 is 0 Å². The van der Waals surface area contributed by atoms with Crippen LogP contribution in [0.2, 0.25) is 0 Å². The highest BCUT2D eigenvalue weighted by Crippen LogP contribution is 2.38. The minimum atomic E-state index is -0.288. The second kappa shape index (κ2) is 10.6. The molecule has 0 saturated heterocycles. The van der Waals surface area contributed by atoms with E-state index in [0.717, 1.165) is 34.0 Å². The molecule has 2 aromatic heterocycles. The van der Waals surface area contributed by atoms with Crippen LogP contribution in [0.5, 0.6) is 17.2 Å². The molecule has 2 heterocycles. The number of benzene rings is 2. The molecule has 0 unspecified atom stereocenters. The van der Waals surface area contributed by atoms with Crippen LogP contribution in [0.1, 0.15) is 35.0 Å². The summed E-state index contributed by atoms with van der Waals surface area (Å²) in [5, 5.41) is 8.28. The van der Waals surface area contributed by atoms with Gasteiger partial charge < -0.3 is 19.5 Å². The number of methoxy groups -OCH3 is 3. The number of nitrogens with zero attached hydrogens (tertiary/aromatic N) is 4. The van der Waals surface area contributed by atoms with Gasteiger partial charge in [-0.3, -0.25) is 4.79 Å². The Labute approximate surface area is 207 Å². The largest absolute Gasteiger partial charge is 0.493 e. The van der Waals surface area contributed by atoms with Crippen molar-refractivity contribution in [1.29, 1.82) is 0 Å². The minimum absolute atomic E-state index is 0.288. The summed E-state index contributed by atoms with van der Waals surface area (Å²) in [5.41, 5.74) is 3.18. The second-order valence-corrected chi connectivity index (χ2v) is 8.76. The van der Waals surface area contributed by atoms with Gasteiger partial charge in [-0.1, -0.05) is 25.1 Å². The summed E-state index contributed by atoms with van der Waals surface area (Å²) < 4.78 is 17.8. The average molecular weight is 494 g/mol. The Morgan fingerprint density at radius 1 is 1.06 bits per heavy atom. The molecule has 0 radical (unpaired) electrons. The van der Waals surface area contributed by atoms with Gasteiger partial charge in [-0.05, 0) is 49.7 Å². The predicted octanol–water partition coefficient (Wildman–Crippen LogP) is 4.81. The molecular formula is C25H27N5O4S. The van der Waals surface area contributed by atoms with E-state index < -0.39 is 0 Å². The molecule has 4 aromatic rings. The molecule has 2 aromatic carbocycles. The van der Waals surface area contributed by atoms with Crippen molar-refractivity contribution in [3.63, 3.8) is 0 Å². The molecule has 10 heteroatoms. The van der Waals surface area contributed by atoms with Crippen LogP contribution in [0, 0.1) is 6.92 Å². The van der Waals surface area contributed by atoms with Gasteiger partial charge in [-0.2, -0.15) is 14.6 Å². The topological polar surface area (TPSA) is 99.9 Å². The van der Waals surface area contributed by atoms with Crippen molar-refractivity contribution in [2.45, 2.75) is 36.6 Å². The highest BCUT2D eigenvalue weighted by atomic mass is 32.2. The third-order valence-corrected chi connectivity index (χ3v) is 6.56. The Morgan fingerprint density at radius 3 is 2.34 bits per heavy atom. The number of hydrogen-bond acceptors (Lipinski definition) is 8. The molecular weight excluding hydrogens is 466 g/mol. The molecule has 0 spiro atoms. The maximum absolute atomic E-state index is 12.9. The van der Waals surface area contributed by atoms with E-state index in [1.165, 1.54) is 27.7 Å². The van der Waals surface area contributed by atoms with E-state index in [2.05, 4.69) is 27.3 Å². The Kier molecular flexibility index (Phi) is 7.40. The number of nitrogens with one attached hydrogen (secondary N) is 1. The zero-order valence-electron chi connectivity index (χ0n) is 20.3. The number of fused-ring (bicyclic) bond motifs is 1. The van der Waals surface area contributed by atoms with Gasteiger partial charge in [0.05, 0.1) is 21.3 Å². The molecule has 0 saturated carbocycles. The summed E-state index contributed by atoms with van der Waals surface area (Å²) in [4.78, 5) is 22.7. The van der Waals surface area contributed by atoms with Crippen LogP contribution in [0.3, 0.4) is 0 Å². The monoisotopic (exact) mass is 493 g/mol. The third-order valence-electron chi connectivity index (χ3n) is 5.44. The van der Waals surface area contributed by atoms with E-state index in [-0.39, 0.29) is 5.91 Å². The van der Waals surface area contributed by atoms with Crippen molar-refractivity contribution in [3.05, 3.63) is 59.5 Å². The number of ether oxygens (including phenoxy) is 3. The number of hydrogen-bond donors (Lipinski definition) is 1. The molecule has 1 N–H and O–H groups in total. The molecule has 0 fully saturated rings. The van der Waals surface area contributed by atoms with Gasteiger partial charge in [0.25, 0.3) is 11.7 Å². The van der Waals surface area contributed by atoms with Gasteiger partial charge in [0, 0.05) is 27.4 Å². The smallest absolute Gasteiger partial charge is 0.255 e. The van der Waals surface area contributed by atoms with Gasteiger partial charge in [0.15, 0.2) is 11.5 Å². The van der Waals surface area contributed by atoms with Crippen LogP contribution in [-0.2, 0) is 6.42 Å². The normalized spacial score (nSPS) is 10.9. The number of aromatic nitrogens is 4. The van der Waals surface area contributed by atoms with Crippen LogP contribution in [0.4, 0.5) is 5.69 Å². The molecule has 4 rings (SSSR count). The fraction of sp³-hybridized carbons (Fsp3) is 0.280. The lowest BCUT2D eigenvalue weighted by molar-refractivity contribution is 0.102. The lowest BCUT2D eigenvalue weighted by Crippen LogP contribution is -2.12. The lowest BCUT2D eigenvalue weighted by Gasteiger charge is -2.14. The van der Waals surface area contributed by atoms with Crippen LogP contribution in [-0.4, -0.2) is 46.8 Å². The summed E-state index contributed by atoms with van der Waals surface area (Å²) in [6, 6.07) is 10.9. The van der Waals surface area contributed by atoms with Gasteiger partial charge in [0.2, 0.25) is 5.75 Å². The number of amides is 1. The standard InChI is InChI=1S/C25H27N5O4S/c1-6-7-19-15(2)28-25-26-14-27-30(25)24(19)35-18-10-8-17(9-11-18)29-23(31)16-12-20(32-3)22(34-5)21(13-16)33-4/h8-14H,6-7H2,1-5H3,(H,29,31). The molecule has 35 heavy (non-hydrogen) atoms. The first-order valence-electron chi connectivity index (χ1n) is 11.1. The van der Waals surface area contributed by atoms with Crippen LogP contribution in [0.25, 0.3) is 5.78 Å². The number of carbonyl (C=O) groups excluding carboxylic acids is 1. The summed E-state index contributed by atoms with van der Waals surface area (Å²) >= 11 is 1.60. The first-order chi connectivity index (χ1) is 17.0. The quantitative estimate of drug-likeness (QED) is 0.332.